The van der Waals surface area contributed by atoms with E-state index in [2.05, 4.69) is 39.4 Å². The average Bonchev–Trinajstić information content (AvgIpc) is 3.27. The van der Waals surface area contributed by atoms with Crippen LogP contribution < -0.4 is 5.32 Å². The van der Waals surface area contributed by atoms with Crippen LogP contribution in [0.1, 0.15) is 57.6 Å². The minimum Gasteiger partial charge on any atom is -0.337 e. The molecule has 1 N–H and O–H groups in total. The van der Waals surface area contributed by atoms with Crippen LogP contribution in [0, 0.1) is 5.92 Å². The molecule has 3 amide bonds. The number of carbonyl (C=O) groups is 2. The van der Waals surface area contributed by atoms with Crippen LogP contribution >= 0.6 is 0 Å². The Labute approximate surface area is 187 Å². The molecule has 1 aromatic carbocycles. The first kappa shape index (κ1) is 22.1. The second-order valence-corrected chi connectivity index (χ2v) is 10.5. The van der Waals surface area contributed by atoms with Crippen molar-refractivity contribution in [3.8, 4) is 0 Å². The lowest BCUT2D eigenvalue weighted by Crippen LogP contribution is -2.60. The molecule has 1 saturated carbocycles. The lowest BCUT2D eigenvalue weighted by atomic mass is 9.92. The van der Waals surface area contributed by atoms with Gasteiger partial charge in [-0.3, -0.25) is 9.69 Å². The largest absolute Gasteiger partial charge is 0.337 e. The Morgan fingerprint density at radius 3 is 2.23 bits per heavy atom. The fourth-order valence-electron chi connectivity index (χ4n) is 5.40. The van der Waals surface area contributed by atoms with Gasteiger partial charge in [-0.25, -0.2) is 4.79 Å². The highest BCUT2D eigenvalue weighted by Gasteiger charge is 2.40. The van der Waals surface area contributed by atoms with Crippen molar-refractivity contribution in [2.24, 2.45) is 5.92 Å². The second-order valence-electron chi connectivity index (χ2n) is 10.5. The molecule has 2 fully saturated rings. The monoisotopic (exact) mass is 426 g/mol. The van der Waals surface area contributed by atoms with Gasteiger partial charge in [0.25, 0.3) is 0 Å². The zero-order chi connectivity index (χ0) is 22.0. The van der Waals surface area contributed by atoms with E-state index in [0.29, 0.717) is 24.9 Å². The van der Waals surface area contributed by atoms with E-state index in [4.69, 9.17) is 0 Å². The molecule has 4 rings (SSSR count). The molecule has 1 saturated heterocycles. The van der Waals surface area contributed by atoms with Crippen molar-refractivity contribution >= 4 is 11.9 Å². The Morgan fingerprint density at radius 1 is 0.935 bits per heavy atom. The molecule has 6 heteroatoms. The molecule has 6 nitrogen and oxygen atoms in total. The van der Waals surface area contributed by atoms with Crippen LogP contribution in [0.15, 0.2) is 24.3 Å². The van der Waals surface area contributed by atoms with E-state index < -0.39 is 0 Å². The summed E-state index contributed by atoms with van der Waals surface area (Å²) in [5, 5.41) is 3.07. The topological polar surface area (TPSA) is 55.9 Å². The van der Waals surface area contributed by atoms with Crippen molar-refractivity contribution in [2.45, 2.75) is 71.0 Å². The van der Waals surface area contributed by atoms with Crippen molar-refractivity contribution < 1.29 is 9.59 Å². The fourth-order valence-corrected chi connectivity index (χ4v) is 5.40. The Kier molecular flexibility index (Phi) is 6.56. The molecule has 3 aliphatic rings. The maximum Gasteiger partial charge on any atom is 0.317 e. The first-order valence-electron chi connectivity index (χ1n) is 12.0. The number of fused-ring (bicyclic) bond motifs is 1. The molecule has 0 aromatic heterocycles. The summed E-state index contributed by atoms with van der Waals surface area (Å²) in [5.41, 5.74) is 2.43. The maximum atomic E-state index is 13.8. The molecule has 0 bridgehead atoms. The highest BCUT2D eigenvalue weighted by Crippen LogP contribution is 2.33. The molecule has 1 unspecified atom stereocenters. The van der Waals surface area contributed by atoms with Gasteiger partial charge in [-0.1, -0.05) is 37.1 Å². The molecule has 1 atom stereocenters. The molecule has 0 spiro atoms. The molecular formula is C25H38N4O2. The van der Waals surface area contributed by atoms with E-state index in [1.807, 2.05) is 25.7 Å². The number of nitrogens with one attached hydrogen (secondary N) is 1. The first-order chi connectivity index (χ1) is 14.8. The van der Waals surface area contributed by atoms with Gasteiger partial charge < -0.3 is 15.1 Å². The number of urea groups is 1. The van der Waals surface area contributed by atoms with Crippen molar-refractivity contribution in [3.05, 3.63) is 35.4 Å². The van der Waals surface area contributed by atoms with E-state index in [-0.39, 0.29) is 17.6 Å². The summed E-state index contributed by atoms with van der Waals surface area (Å²) in [6.45, 7) is 10.5. The summed E-state index contributed by atoms with van der Waals surface area (Å²) in [4.78, 5) is 32.7. The predicted molar refractivity (Wildman–Crippen MR) is 123 cm³/mol. The summed E-state index contributed by atoms with van der Waals surface area (Å²) in [6.07, 6.45) is 5.69. The Hall–Kier alpha value is -2.08. The van der Waals surface area contributed by atoms with Gasteiger partial charge in [0.2, 0.25) is 5.91 Å². The second kappa shape index (κ2) is 9.19. The van der Waals surface area contributed by atoms with Crippen molar-refractivity contribution in [2.75, 3.05) is 32.7 Å². The summed E-state index contributed by atoms with van der Waals surface area (Å²) >= 11 is 0. The number of amides is 3. The van der Waals surface area contributed by atoms with Gasteiger partial charge >= 0.3 is 6.03 Å². The molecule has 1 aromatic rings. The van der Waals surface area contributed by atoms with Gasteiger partial charge in [0.05, 0.1) is 6.04 Å². The number of hydrogen-bond acceptors (Lipinski definition) is 3. The number of hydrogen-bond donors (Lipinski definition) is 1. The minimum atomic E-state index is -0.235. The van der Waals surface area contributed by atoms with Crippen molar-refractivity contribution in [3.63, 3.8) is 0 Å². The van der Waals surface area contributed by atoms with Gasteiger partial charge in [0, 0.05) is 44.8 Å². The van der Waals surface area contributed by atoms with Gasteiger partial charge in [0.15, 0.2) is 0 Å². The van der Waals surface area contributed by atoms with Gasteiger partial charge in [-0.15, -0.1) is 0 Å². The summed E-state index contributed by atoms with van der Waals surface area (Å²) in [7, 11) is 0. The van der Waals surface area contributed by atoms with Crippen LogP contribution in [0.4, 0.5) is 4.79 Å². The van der Waals surface area contributed by atoms with E-state index in [9.17, 15) is 9.59 Å². The molecule has 170 valence electrons. The Balaban J connectivity index is 1.43. The highest BCUT2D eigenvalue weighted by molar-refractivity contribution is 5.83. The summed E-state index contributed by atoms with van der Waals surface area (Å²) in [6, 6.07) is 8.47. The summed E-state index contributed by atoms with van der Waals surface area (Å²) < 4.78 is 0. The first-order valence-corrected chi connectivity index (χ1v) is 12.0. The van der Waals surface area contributed by atoms with E-state index in [1.165, 1.54) is 24.0 Å². The SMILES string of the molecule is CC(C)(C)NC(=O)N1CCN(C(C(=O)N2CCc3ccccc3C2)C2CCCC2)CC1. The number of benzene rings is 1. The predicted octanol–water partition coefficient (Wildman–Crippen LogP) is 3.26. The lowest BCUT2D eigenvalue weighted by Gasteiger charge is -2.43. The van der Waals surface area contributed by atoms with Crippen LogP contribution in [0.2, 0.25) is 0 Å². The number of nitrogens with zero attached hydrogens (tertiary/aromatic N) is 3. The number of carbonyl (C=O) groups excluding carboxylic acids is 2. The number of piperazine rings is 1. The third-order valence-corrected chi connectivity index (χ3v) is 7.02. The quantitative estimate of drug-likeness (QED) is 0.807. The Bertz CT molecular complexity index is 789. The van der Waals surface area contributed by atoms with Crippen LogP contribution in [0.5, 0.6) is 0 Å². The summed E-state index contributed by atoms with van der Waals surface area (Å²) in [5.74, 6) is 0.744. The normalized spacial score (nSPS) is 21.6. The molecule has 1 aliphatic carbocycles. The van der Waals surface area contributed by atoms with Crippen LogP contribution in [-0.2, 0) is 17.8 Å². The van der Waals surface area contributed by atoms with Crippen LogP contribution in [0.25, 0.3) is 0 Å². The number of rotatable bonds is 3. The van der Waals surface area contributed by atoms with Crippen molar-refractivity contribution in [1.29, 1.82) is 0 Å². The smallest absolute Gasteiger partial charge is 0.317 e. The van der Waals surface area contributed by atoms with Gasteiger partial charge in [-0.2, -0.15) is 0 Å². The molecular weight excluding hydrogens is 388 g/mol. The molecule has 31 heavy (non-hydrogen) atoms. The molecule has 2 heterocycles. The van der Waals surface area contributed by atoms with Crippen LogP contribution in [-0.4, -0.2) is 70.9 Å². The van der Waals surface area contributed by atoms with Crippen molar-refractivity contribution in [1.82, 2.24) is 20.0 Å². The minimum absolute atomic E-state index is 0.00327. The van der Waals surface area contributed by atoms with E-state index in [1.54, 1.807) is 0 Å². The molecule has 0 radical (unpaired) electrons. The fraction of sp³-hybridized carbons (Fsp3) is 0.680. The molecule has 2 aliphatic heterocycles. The Morgan fingerprint density at radius 2 is 1.58 bits per heavy atom. The standard InChI is InChI=1S/C25H38N4O2/c1-25(2,3)26-24(31)28-16-14-27(15-17-28)22(20-9-5-6-10-20)23(30)29-13-12-19-8-4-7-11-21(19)18-29/h4,7-8,11,20,22H,5-6,9-10,12-18H2,1-3H3,(H,26,31). The average molecular weight is 427 g/mol. The zero-order valence-electron chi connectivity index (χ0n) is 19.4. The third kappa shape index (κ3) is 5.22. The van der Waals surface area contributed by atoms with Gasteiger partial charge in [-0.05, 0) is 57.1 Å². The van der Waals surface area contributed by atoms with Gasteiger partial charge in [0.1, 0.15) is 0 Å². The van der Waals surface area contributed by atoms with E-state index >= 15 is 0 Å². The van der Waals surface area contributed by atoms with Crippen LogP contribution in [0.3, 0.4) is 0 Å². The lowest BCUT2D eigenvalue weighted by molar-refractivity contribution is -0.141. The maximum absolute atomic E-state index is 13.8. The highest BCUT2D eigenvalue weighted by atomic mass is 16.2. The third-order valence-electron chi connectivity index (χ3n) is 7.02. The zero-order valence-corrected chi connectivity index (χ0v) is 19.4. The van der Waals surface area contributed by atoms with E-state index in [0.717, 1.165) is 45.4 Å².